The maximum atomic E-state index is 6.44. The van der Waals surface area contributed by atoms with Gasteiger partial charge in [-0.05, 0) is 69.6 Å². The second kappa shape index (κ2) is 10.6. The van der Waals surface area contributed by atoms with E-state index in [1.165, 1.54) is 16.5 Å². The predicted molar refractivity (Wildman–Crippen MR) is 186 cm³/mol. The molecule has 46 heavy (non-hydrogen) atoms. The average molecular weight is 593 g/mol. The van der Waals surface area contributed by atoms with Crippen LogP contribution in [0, 0.1) is 0 Å². The molecule has 218 valence electrons. The fourth-order valence-corrected chi connectivity index (χ4v) is 6.63. The molecule has 3 heterocycles. The molecule has 8 aromatic rings. The van der Waals surface area contributed by atoms with Crippen LogP contribution in [0.15, 0.2) is 132 Å². The Balaban J connectivity index is 1.32. The highest BCUT2D eigenvalue weighted by Gasteiger charge is 2.21. The molecule has 0 bridgehead atoms. The highest BCUT2D eigenvalue weighted by Crippen LogP contribution is 2.41. The molecular weight excluding hydrogens is 564 g/mol. The molecule has 5 aromatic carbocycles. The summed E-state index contributed by atoms with van der Waals surface area (Å²) in [5, 5.41) is 4.25. The molecule has 5 nitrogen and oxygen atoms in total. The van der Waals surface area contributed by atoms with Gasteiger partial charge < -0.3 is 4.42 Å². The number of rotatable bonds is 4. The standard InChI is InChI=1S/C41H28N4O/c1-25-8-7-13-27-15-16-30(21-34(25)27)32-22-35(38-33-18-19-42-24-37(33)46-36(38)23-32)41-44-39(28-10-3-2-4-11-28)43-40(45-41)31-17-14-26-9-5-6-12-29(26)20-31/h2-7,9-25H,8H2,1H3. The van der Waals surface area contributed by atoms with Crippen molar-refractivity contribution in [2.45, 2.75) is 19.3 Å². The number of benzene rings is 5. The molecular formula is C41H28N4O. The Morgan fingerprint density at radius 2 is 1.41 bits per heavy atom. The van der Waals surface area contributed by atoms with Gasteiger partial charge in [0.05, 0.1) is 6.20 Å². The molecule has 1 aliphatic rings. The normalized spacial score (nSPS) is 14.2. The van der Waals surface area contributed by atoms with Gasteiger partial charge in [-0.3, -0.25) is 4.98 Å². The lowest BCUT2D eigenvalue weighted by molar-refractivity contribution is 0.667. The molecule has 0 aliphatic heterocycles. The van der Waals surface area contributed by atoms with E-state index < -0.39 is 0 Å². The smallest absolute Gasteiger partial charge is 0.164 e. The van der Waals surface area contributed by atoms with Gasteiger partial charge >= 0.3 is 0 Å². The van der Waals surface area contributed by atoms with Gasteiger partial charge in [-0.1, -0.05) is 104 Å². The molecule has 1 aliphatic carbocycles. The second-order valence-corrected chi connectivity index (χ2v) is 12.0. The second-order valence-electron chi connectivity index (χ2n) is 12.0. The third-order valence-electron chi connectivity index (χ3n) is 9.03. The maximum Gasteiger partial charge on any atom is 0.164 e. The minimum Gasteiger partial charge on any atom is -0.454 e. The van der Waals surface area contributed by atoms with Crippen molar-refractivity contribution in [1.82, 2.24) is 19.9 Å². The lowest BCUT2D eigenvalue weighted by atomic mass is 9.86. The highest BCUT2D eigenvalue weighted by molar-refractivity contribution is 6.13. The first-order valence-electron chi connectivity index (χ1n) is 15.6. The zero-order chi connectivity index (χ0) is 30.6. The van der Waals surface area contributed by atoms with Crippen LogP contribution in [0.4, 0.5) is 0 Å². The first-order valence-corrected chi connectivity index (χ1v) is 15.6. The first-order chi connectivity index (χ1) is 22.7. The van der Waals surface area contributed by atoms with E-state index in [1.54, 1.807) is 12.4 Å². The molecule has 9 rings (SSSR count). The molecule has 0 amide bonds. The van der Waals surface area contributed by atoms with Crippen molar-refractivity contribution >= 4 is 38.8 Å². The largest absolute Gasteiger partial charge is 0.454 e. The number of nitrogens with zero attached hydrogens (tertiary/aromatic N) is 4. The molecule has 0 radical (unpaired) electrons. The monoisotopic (exact) mass is 592 g/mol. The number of pyridine rings is 1. The van der Waals surface area contributed by atoms with E-state index in [0.717, 1.165) is 61.6 Å². The SMILES string of the molecule is CC1CC=Cc2ccc(-c3cc(-c4nc(-c5ccccc5)nc(-c5ccc6ccccc6c5)n4)c4c(c3)oc3cnccc34)cc21. The van der Waals surface area contributed by atoms with E-state index in [9.17, 15) is 0 Å². The van der Waals surface area contributed by atoms with Crippen molar-refractivity contribution in [2.24, 2.45) is 0 Å². The Morgan fingerprint density at radius 1 is 0.630 bits per heavy atom. The Bertz CT molecular complexity index is 2480. The van der Waals surface area contributed by atoms with Crippen LogP contribution in [0.2, 0.25) is 0 Å². The Labute approximate surface area is 266 Å². The minimum absolute atomic E-state index is 0.460. The van der Waals surface area contributed by atoms with E-state index in [2.05, 4.69) is 96.9 Å². The molecule has 0 saturated carbocycles. The zero-order valence-corrected chi connectivity index (χ0v) is 25.2. The minimum atomic E-state index is 0.460. The van der Waals surface area contributed by atoms with Crippen LogP contribution in [0.25, 0.3) is 84.1 Å². The van der Waals surface area contributed by atoms with Crippen molar-refractivity contribution in [1.29, 1.82) is 0 Å². The van der Waals surface area contributed by atoms with Crippen LogP contribution in [-0.2, 0) is 0 Å². The summed E-state index contributed by atoms with van der Waals surface area (Å²) in [6, 6.07) is 37.9. The summed E-state index contributed by atoms with van der Waals surface area (Å²) in [5.41, 5.74) is 9.09. The van der Waals surface area contributed by atoms with Gasteiger partial charge in [-0.2, -0.15) is 0 Å². The number of hydrogen-bond donors (Lipinski definition) is 0. The lowest BCUT2D eigenvalue weighted by Crippen LogP contribution is -2.01. The van der Waals surface area contributed by atoms with Gasteiger partial charge in [0.25, 0.3) is 0 Å². The average Bonchev–Trinajstić information content (AvgIpc) is 3.50. The molecule has 3 aromatic heterocycles. The summed E-state index contributed by atoms with van der Waals surface area (Å²) >= 11 is 0. The van der Waals surface area contributed by atoms with Crippen molar-refractivity contribution in [3.8, 4) is 45.3 Å². The number of hydrogen-bond acceptors (Lipinski definition) is 5. The van der Waals surface area contributed by atoms with E-state index >= 15 is 0 Å². The van der Waals surface area contributed by atoms with Gasteiger partial charge in [-0.15, -0.1) is 0 Å². The van der Waals surface area contributed by atoms with Gasteiger partial charge in [0.15, 0.2) is 23.1 Å². The fourth-order valence-electron chi connectivity index (χ4n) is 6.63. The van der Waals surface area contributed by atoms with Crippen molar-refractivity contribution < 1.29 is 4.42 Å². The van der Waals surface area contributed by atoms with Crippen LogP contribution in [0.3, 0.4) is 0 Å². The Kier molecular flexibility index (Phi) is 6.10. The third-order valence-corrected chi connectivity index (χ3v) is 9.03. The summed E-state index contributed by atoms with van der Waals surface area (Å²) in [4.78, 5) is 19.6. The quantitative estimate of drug-likeness (QED) is 0.203. The number of furan rings is 1. The van der Waals surface area contributed by atoms with E-state index in [1.807, 2.05) is 36.4 Å². The van der Waals surface area contributed by atoms with Crippen molar-refractivity contribution in [2.75, 3.05) is 0 Å². The van der Waals surface area contributed by atoms with Crippen LogP contribution < -0.4 is 0 Å². The van der Waals surface area contributed by atoms with E-state index in [4.69, 9.17) is 19.4 Å². The number of fused-ring (bicyclic) bond motifs is 5. The summed E-state index contributed by atoms with van der Waals surface area (Å²) in [5.74, 6) is 2.30. The molecule has 0 spiro atoms. The van der Waals surface area contributed by atoms with Gasteiger partial charge in [0.1, 0.15) is 5.58 Å². The number of allylic oxidation sites excluding steroid dienone is 1. The molecule has 0 saturated heterocycles. The molecule has 0 N–H and O–H groups in total. The molecule has 0 fully saturated rings. The topological polar surface area (TPSA) is 64.7 Å². The van der Waals surface area contributed by atoms with E-state index in [-0.39, 0.29) is 0 Å². The first kappa shape index (κ1) is 26.5. The predicted octanol–water partition coefficient (Wildman–Crippen LogP) is 10.5. The Morgan fingerprint density at radius 3 is 2.30 bits per heavy atom. The molecule has 5 heteroatoms. The van der Waals surface area contributed by atoms with Gasteiger partial charge in [0.2, 0.25) is 0 Å². The Hall–Kier alpha value is -5.94. The fraction of sp³-hybridized carbons (Fsp3) is 0.0732. The van der Waals surface area contributed by atoms with Gasteiger partial charge in [-0.25, -0.2) is 15.0 Å². The molecule has 1 unspecified atom stereocenters. The van der Waals surface area contributed by atoms with E-state index in [0.29, 0.717) is 23.4 Å². The third kappa shape index (κ3) is 4.48. The maximum absolute atomic E-state index is 6.44. The summed E-state index contributed by atoms with van der Waals surface area (Å²) in [6.07, 6.45) is 9.11. The zero-order valence-electron chi connectivity index (χ0n) is 25.2. The summed E-state index contributed by atoms with van der Waals surface area (Å²) in [6.45, 7) is 2.29. The van der Waals surface area contributed by atoms with Crippen LogP contribution >= 0.6 is 0 Å². The van der Waals surface area contributed by atoms with Gasteiger partial charge in [0, 0.05) is 33.7 Å². The summed E-state index contributed by atoms with van der Waals surface area (Å²) in [7, 11) is 0. The van der Waals surface area contributed by atoms with Crippen molar-refractivity contribution in [3.63, 3.8) is 0 Å². The number of aromatic nitrogens is 4. The van der Waals surface area contributed by atoms with Crippen molar-refractivity contribution in [3.05, 3.63) is 139 Å². The highest BCUT2D eigenvalue weighted by atomic mass is 16.3. The van der Waals surface area contributed by atoms with Crippen LogP contribution in [0.5, 0.6) is 0 Å². The molecule has 1 atom stereocenters. The lowest BCUT2D eigenvalue weighted by Gasteiger charge is -2.19. The van der Waals surface area contributed by atoms with Crippen LogP contribution in [0.1, 0.15) is 30.4 Å². The van der Waals surface area contributed by atoms with Crippen LogP contribution in [-0.4, -0.2) is 19.9 Å². The summed E-state index contributed by atoms with van der Waals surface area (Å²) < 4.78 is 6.44.